The lowest BCUT2D eigenvalue weighted by Crippen LogP contribution is -2.43. The minimum atomic E-state index is -3.62. The number of piperidine rings is 1. The first-order valence-electron chi connectivity index (χ1n) is 11.7. The number of carbonyl (C=O) groups excluding carboxylic acids is 1. The third-order valence-corrected chi connectivity index (χ3v) is 8.41. The molecule has 1 aliphatic rings. The van der Waals surface area contributed by atoms with E-state index in [9.17, 15) is 21.6 Å². The molecule has 0 radical (unpaired) electrons. The van der Waals surface area contributed by atoms with Gasteiger partial charge in [-0.25, -0.2) is 21.6 Å². The number of rotatable bonds is 8. The molecule has 1 saturated heterocycles. The zero-order chi connectivity index (χ0) is 26.8. The minimum Gasteiger partial charge on any atom is -0.462 e. The molecule has 2 aromatic carbocycles. The summed E-state index contributed by atoms with van der Waals surface area (Å²) in [7, 11) is -7.05. The molecule has 1 aliphatic heterocycles. The Hall–Kier alpha value is -2.53. The summed E-state index contributed by atoms with van der Waals surface area (Å²) in [4.78, 5) is 10.0. The van der Waals surface area contributed by atoms with Crippen LogP contribution in [-0.4, -0.2) is 53.8 Å². The van der Waals surface area contributed by atoms with E-state index in [-0.39, 0.29) is 27.2 Å². The van der Waals surface area contributed by atoms with Gasteiger partial charge in [0.05, 0.1) is 15.5 Å². The van der Waals surface area contributed by atoms with E-state index in [2.05, 4.69) is 14.8 Å². The van der Waals surface area contributed by atoms with Gasteiger partial charge in [-0.2, -0.15) is 0 Å². The second-order valence-corrected chi connectivity index (χ2v) is 13.2. The molecule has 0 spiro atoms. The van der Waals surface area contributed by atoms with Gasteiger partial charge in [0, 0.05) is 6.04 Å². The molecule has 0 amide bonds. The lowest BCUT2D eigenvalue weighted by molar-refractivity contribution is -0.138. The minimum absolute atomic E-state index is 0.0317. The quantitative estimate of drug-likeness (QED) is 0.496. The first-order valence-corrected chi connectivity index (χ1v) is 14.9. The molecule has 2 aromatic rings. The molecular formula is C26H36N2O6S2. The highest BCUT2D eigenvalue weighted by molar-refractivity contribution is 7.91. The van der Waals surface area contributed by atoms with E-state index in [1.54, 1.807) is 60.7 Å². The monoisotopic (exact) mass is 536 g/mol. The maximum absolute atomic E-state index is 12.8. The van der Waals surface area contributed by atoms with Crippen LogP contribution in [0.5, 0.6) is 0 Å². The summed E-state index contributed by atoms with van der Waals surface area (Å²) in [6, 6.07) is 13.1. The fraction of sp³-hybridized carbons (Fsp3) is 0.423. The number of hydrogen-bond acceptors (Lipinski definition) is 7. The molecule has 0 atom stereocenters. The molecule has 0 unspecified atom stereocenters. The van der Waals surface area contributed by atoms with E-state index in [1.165, 1.54) is 0 Å². The predicted octanol–water partition coefficient (Wildman–Crippen LogP) is 3.47. The fourth-order valence-corrected chi connectivity index (χ4v) is 5.90. The van der Waals surface area contributed by atoms with Gasteiger partial charge in [-0.05, 0) is 89.0 Å². The molecule has 0 bridgehead atoms. The van der Waals surface area contributed by atoms with Gasteiger partial charge >= 0.3 is 0 Å². The number of aryl methyl sites for hydroxylation is 1. The number of carbonyl (C=O) groups is 1. The molecule has 1 heterocycles. The van der Waals surface area contributed by atoms with Crippen molar-refractivity contribution in [2.24, 2.45) is 0 Å². The van der Waals surface area contributed by atoms with E-state index in [0.29, 0.717) is 12.0 Å². The Balaban J connectivity index is 0.000000572. The van der Waals surface area contributed by atoms with E-state index in [4.69, 9.17) is 0 Å². The third kappa shape index (κ3) is 9.85. The van der Waals surface area contributed by atoms with E-state index < -0.39 is 19.9 Å². The van der Waals surface area contributed by atoms with Crippen LogP contribution in [0, 0.1) is 6.92 Å². The van der Waals surface area contributed by atoms with Crippen molar-refractivity contribution in [2.45, 2.75) is 62.0 Å². The number of benzene rings is 2. The molecule has 10 heteroatoms. The number of nitrogens with one attached hydrogen (secondary N) is 2. The predicted molar refractivity (Wildman–Crippen MR) is 142 cm³/mol. The van der Waals surface area contributed by atoms with Crippen LogP contribution in [0.2, 0.25) is 0 Å². The van der Waals surface area contributed by atoms with E-state index in [1.807, 2.05) is 27.7 Å². The molecule has 2 N–H and O–H groups in total. The lowest BCUT2D eigenvalue weighted by Gasteiger charge is -2.23. The maximum atomic E-state index is 12.8. The second kappa shape index (κ2) is 13.1. The summed E-state index contributed by atoms with van der Waals surface area (Å²) in [6.07, 6.45) is 4.79. The summed E-state index contributed by atoms with van der Waals surface area (Å²) < 4.78 is 57.5. The van der Waals surface area contributed by atoms with Crippen LogP contribution >= 0.6 is 0 Å². The standard InChI is InChI=1S/C21H26N2O4S2.C5H10O2/c1-17-9-10-21(29(26,27)20-7-3-2-4-8-20)16-18(17)6-5-15-28(24,25)23-19-11-13-22-14-12-19;1-5(2,3)7-4-6/h2-10,16,19,22-23H,11-15H2,1H3;4H,1-3H3. The Kier molecular flexibility index (Phi) is 10.8. The van der Waals surface area contributed by atoms with Gasteiger partial charge < -0.3 is 10.1 Å². The zero-order valence-corrected chi connectivity index (χ0v) is 22.9. The SMILES string of the molecule is CC(C)(C)OC=O.Cc1ccc(S(=O)(=O)c2ccccc2)cc1C=CCS(=O)(=O)NC1CCNCC1. The van der Waals surface area contributed by atoms with E-state index in [0.717, 1.165) is 31.5 Å². The van der Waals surface area contributed by atoms with E-state index >= 15 is 0 Å². The largest absolute Gasteiger partial charge is 0.462 e. The Morgan fingerprint density at radius 2 is 1.64 bits per heavy atom. The van der Waals surface area contributed by atoms with Gasteiger partial charge in [0.1, 0.15) is 5.60 Å². The first kappa shape index (κ1) is 29.7. The average molecular weight is 537 g/mol. The molecule has 0 aliphatic carbocycles. The van der Waals surface area contributed by atoms with Gasteiger partial charge in [0.15, 0.2) is 0 Å². The number of sulfone groups is 1. The molecular weight excluding hydrogens is 500 g/mol. The van der Waals surface area contributed by atoms with Crippen molar-refractivity contribution in [1.82, 2.24) is 10.0 Å². The smallest absolute Gasteiger partial charge is 0.293 e. The summed E-state index contributed by atoms with van der Waals surface area (Å²) in [5.74, 6) is -0.147. The van der Waals surface area contributed by atoms with Gasteiger partial charge in [0.2, 0.25) is 19.9 Å². The summed E-state index contributed by atoms with van der Waals surface area (Å²) in [5, 5.41) is 3.20. The van der Waals surface area contributed by atoms with Crippen LogP contribution in [0.4, 0.5) is 0 Å². The van der Waals surface area contributed by atoms with Crippen molar-refractivity contribution in [3.8, 4) is 0 Å². The Labute approximate surface area is 215 Å². The molecule has 36 heavy (non-hydrogen) atoms. The lowest BCUT2D eigenvalue weighted by atomic mass is 10.1. The topological polar surface area (TPSA) is 119 Å². The third-order valence-electron chi connectivity index (χ3n) is 5.31. The summed E-state index contributed by atoms with van der Waals surface area (Å²) in [6.45, 7) is 9.40. The highest BCUT2D eigenvalue weighted by Crippen LogP contribution is 2.23. The first-order chi connectivity index (χ1) is 16.8. The fourth-order valence-electron chi connectivity index (χ4n) is 3.39. The highest BCUT2D eigenvalue weighted by Gasteiger charge is 2.20. The molecule has 3 rings (SSSR count). The summed E-state index contributed by atoms with van der Waals surface area (Å²) in [5.41, 5.74) is 1.23. The zero-order valence-electron chi connectivity index (χ0n) is 21.2. The van der Waals surface area contributed by atoms with Crippen LogP contribution in [0.25, 0.3) is 6.08 Å². The number of sulfonamides is 1. The van der Waals surface area contributed by atoms with Crippen LogP contribution in [-0.2, 0) is 29.4 Å². The van der Waals surface area contributed by atoms with Crippen molar-refractivity contribution >= 4 is 32.4 Å². The van der Waals surface area contributed by atoms with Crippen molar-refractivity contribution in [2.75, 3.05) is 18.8 Å². The van der Waals surface area contributed by atoms with Crippen LogP contribution in [0.15, 0.2) is 64.4 Å². The highest BCUT2D eigenvalue weighted by atomic mass is 32.2. The Morgan fingerprint density at radius 1 is 1.00 bits per heavy atom. The number of ether oxygens (including phenoxy) is 1. The second-order valence-electron chi connectivity index (χ2n) is 9.49. The van der Waals surface area contributed by atoms with Crippen LogP contribution < -0.4 is 10.0 Å². The van der Waals surface area contributed by atoms with Crippen LogP contribution in [0.3, 0.4) is 0 Å². The van der Waals surface area contributed by atoms with Crippen molar-refractivity contribution in [1.29, 1.82) is 0 Å². The summed E-state index contributed by atoms with van der Waals surface area (Å²) >= 11 is 0. The van der Waals surface area contributed by atoms with Gasteiger partial charge in [-0.1, -0.05) is 36.4 Å². The average Bonchev–Trinajstić information content (AvgIpc) is 2.80. The molecule has 0 aromatic heterocycles. The number of hydrogen-bond donors (Lipinski definition) is 2. The van der Waals surface area contributed by atoms with Crippen molar-refractivity contribution in [3.63, 3.8) is 0 Å². The Bertz CT molecular complexity index is 1230. The van der Waals surface area contributed by atoms with Crippen molar-refractivity contribution < 1.29 is 26.4 Å². The van der Waals surface area contributed by atoms with Gasteiger partial charge in [-0.3, -0.25) is 4.79 Å². The van der Waals surface area contributed by atoms with Crippen LogP contribution in [0.1, 0.15) is 44.7 Å². The molecule has 198 valence electrons. The molecule has 8 nitrogen and oxygen atoms in total. The van der Waals surface area contributed by atoms with Crippen molar-refractivity contribution in [3.05, 3.63) is 65.7 Å². The molecule has 1 fully saturated rings. The maximum Gasteiger partial charge on any atom is 0.293 e. The Morgan fingerprint density at radius 3 is 2.19 bits per heavy atom. The van der Waals surface area contributed by atoms with Gasteiger partial charge in [-0.15, -0.1) is 0 Å². The molecule has 0 saturated carbocycles. The van der Waals surface area contributed by atoms with Gasteiger partial charge in [0.25, 0.3) is 6.47 Å². The normalized spacial score (nSPS) is 15.2.